The Kier molecular flexibility index (Phi) is 2.55. The molecule has 0 aliphatic heterocycles. The zero-order valence-corrected chi connectivity index (χ0v) is 8.20. The Morgan fingerprint density at radius 1 is 1.44 bits per heavy atom. The fourth-order valence-corrected chi connectivity index (χ4v) is 1.22. The van der Waals surface area contributed by atoms with Gasteiger partial charge in [0.2, 0.25) is 0 Å². The molecule has 1 amide bonds. The van der Waals surface area contributed by atoms with E-state index in [4.69, 9.17) is 5.73 Å². The maximum Gasteiger partial charge on any atom is 0.273 e. The number of H-pyrrole nitrogens is 1. The van der Waals surface area contributed by atoms with Gasteiger partial charge in [-0.15, -0.1) is 0 Å². The van der Waals surface area contributed by atoms with E-state index >= 15 is 0 Å². The first-order valence-corrected chi connectivity index (χ1v) is 4.53. The number of amides is 1. The van der Waals surface area contributed by atoms with Crippen molar-refractivity contribution in [1.82, 2.24) is 10.2 Å². The highest BCUT2D eigenvalue weighted by molar-refractivity contribution is 6.03. The van der Waals surface area contributed by atoms with E-state index in [9.17, 15) is 9.18 Å². The number of carbonyl (C=O) groups excluding carboxylic acids is 1. The summed E-state index contributed by atoms with van der Waals surface area (Å²) in [6.07, 6.45) is 0. The van der Waals surface area contributed by atoms with Crippen LogP contribution in [-0.2, 0) is 0 Å². The van der Waals surface area contributed by atoms with Gasteiger partial charge in [0.1, 0.15) is 17.3 Å². The van der Waals surface area contributed by atoms with Crippen molar-refractivity contribution in [2.24, 2.45) is 0 Å². The molecule has 1 aromatic heterocycles. The predicted molar refractivity (Wildman–Crippen MR) is 57.4 cm³/mol. The monoisotopic (exact) mass is 220 g/mol. The van der Waals surface area contributed by atoms with Gasteiger partial charge >= 0.3 is 0 Å². The lowest BCUT2D eigenvalue weighted by Crippen LogP contribution is -2.12. The van der Waals surface area contributed by atoms with E-state index < -0.39 is 11.7 Å². The molecule has 0 aliphatic rings. The van der Waals surface area contributed by atoms with Gasteiger partial charge in [-0.05, 0) is 18.2 Å². The lowest BCUT2D eigenvalue weighted by atomic mass is 10.3. The van der Waals surface area contributed by atoms with Crippen molar-refractivity contribution < 1.29 is 9.18 Å². The third-order valence-corrected chi connectivity index (χ3v) is 1.92. The Labute approximate surface area is 90.5 Å². The van der Waals surface area contributed by atoms with Crippen LogP contribution in [0.5, 0.6) is 0 Å². The molecule has 1 heterocycles. The first-order chi connectivity index (χ1) is 7.65. The molecule has 0 radical (unpaired) electrons. The van der Waals surface area contributed by atoms with Crippen molar-refractivity contribution in [3.05, 3.63) is 41.8 Å². The van der Waals surface area contributed by atoms with Gasteiger partial charge in [-0.1, -0.05) is 6.07 Å². The number of hydrogen-bond donors (Lipinski definition) is 3. The minimum atomic E-state index is -0.421. The zero-order chi connectivity index (χ0) is 11.5. The molecule has 1 aromatic carbocycles. The minimum absolute atomic E-state index is 0.224. The fourth-order valence-electron chi connectivity index (χ4n) is 1.22. The third-order valence-electron chi connectivity index (χ3n) is 1.92. The molecule has 2 rings (SSSR count). The van der Waals surface area contributed by atoms with Gasteiger partial charge in [0.05, 0.1) is 0 Å². The highest BCUT2D eigenvalue weighted by Crippen LogP contribution is 2.11. The van der Waals surface area contributed by atoms with Crippen LogP contribution in [0.4, 0.5) is 15.9 Å². The predicted octanol–water partition coefficient (Wildman–Crippen LogP) is 1.38. The molecular weight excluding hydrogens is 211 g/mol. The molecule has 0 atom stereocenters. The van der Waals surface area contributed by atoms with Crippen molar-refractivity contribution >= 4 is 17.4 Å². The summed E-state index contributed by atoms with van der Waals surface area (Å²) >= 11 is 0. The highest BCUT2D eigenvalue weighted by Gasteiger charge is 2.08. The van der Waals surface area contributed by atoms with Gasteiger partial charge < -0.3 is 11.1 Å². The number of aromatic amines is 1. The SMILES string of the molecule is Nc1cc(C(=O)Nc2cccc(F)c2)[nH]n1. The van der Waals surface area contributed by atoms with Crippen molar-refractivity contribution in [2.45, 2.75) is 0 Å². The van der Waals surface area contributed by atoms with Crippen LogP contribution in [0.3, 0.4) is 0 Å². The number of carbonyl (C=O) groups is 1. The quantitative estimate of drug-likeness (QED) is 0.714. The molecule has 16 heavy (non-hydrogen) atoms. The molecule has 2 aromatic rings. The Morgan fingerprint density at radius 3 is 2.88 bits per heavy atom. The zero-order valence-electron chi connectivity index (χ0n) is 8.20. The van der Waals surface area contributed by atoms with E-state index in [1.807, 2.05) is 0 Å². The van der Waals surface area contributed by atoms with Gasteiger partial charge in [-0.3, -0.25) is 9.89 Å². The second-order valence-electron chi connectivity index (χ2n) is 3.17. The largest absolute Gasteiger partial charge is 0.382 e. The summed E-state index contributed by atoms with van der Waals surface area (Å²) in [4.78, 5) is 11.6. The number of anilines is 2. The summed E-state index contributed by atoms with van der Waals surface area (Å²) in [5.74, 6) is -0.610. The van der Waals surface area contributed by atoms with Crippen LogP contribution in [0.25, 0.3) is 0 Å². The minimum Gasteiger partial charge on any atom is -0.382 e. The van der Waals surface area contributed by atoms with Crippen molar-refractivity contribution in [3.8, 4) is 0 Å². The van der Waals surface area contributed by atoms with Gasteiger partial charge in [0.15, 0.2) is 0 Å². The van der Waals surface area contributed by atoms with Crippen LogP contribution < -0.4 is 11.1 Å². The number of nitrogens with zero attached hydrogens (tertiary/aromatic N) is 1. The van der Waals surface area contributed by atoms with Crippen LogP contribution in [0, 0.1) is 5.82 Å². The summed E-state index contributed by atoms with van der Waals surface area (Å²) in [7, 11) is 0. The molecule has 4 N–H and O–H groups in total. The maximum atomic E-state index is 12.8. The molecule has 6 heteroatoms. The average molecular weight is 220 g/mol. The number of halogens is 1. The first-order valence-electron chi connectivity index (χ1n) is 4.53. The molecule has 0 bridgehead atoms. The summed E-state index contributed by atoms with van der Waals surface area (Å²) in [5, 5.41) is 8.58. The summed E-state index contributed by atoms with van der Waals surface area (Å²) in [5.41, 5.74) is 5.95. The molecule has 0 fully saturated rings. The molecule has 0 spiro atoms. The van der Waals surface area contributed by atoms with E-state index in [-0.39, 0.29) is 11.5 Å². The Bertz CT molecular complexity index is 523. The fraction of sp³-hybridized carbons (Fsp3) is 0. The maximum absolute atomic E-state index is 12.8. The van der Waals surface area contributed by atoms with E-state index in [0.717, 1.165) is 0 Å². The van der Waals surface area contributed by atoms with Gasteiger partial charge in [-0.2, -0.15) is 5.10 Å². The molecule has 0 saturated carbocycles. The van der Waals surface area contributed by atoms with Crippen molar-refractivity contribution in [1.29, 1.82) is 0 Å². The topological polar surface area (TPSA) is 83.8 Å². The number of benzene rings is 1. The van der Waals surface area contributed by atoms with E-state index in [1.165, 1.54) is 24.3 Å². The number of aromatic nitrogens is 2. The summed E-state index contributed by atoms with van der Waals surface area (Å²) in [6, 6.07) is 7.00. The van der Waals surface area contributed by atoms with E-state index in [2.05, 4.69) is 15.5 Å². The number of nitrogens with two attached hydrogens (primary N) is 1. The Morgan fingerprint density at radius 2 is 2.25 bits per heavy atom. The summed E-state index contributed by atoms with van der Waals surface area (Å²) in [6.45, 7) is 0. The molecule has 0 aliphatic carbocycles. The third kappa shape index (κ3) is 2.17. The smallest absolute Gasteiger partial charge is 0.273 e. The van der Waals surface area contributed by atoms with E-state index in [0.29, 0.717) is 5.69 Å². The van der Waals surface area contributed by atoms with Crippen LogP contribution in [-0.4, -0.2) is 16.1 Å². The number of nitrogens with one attached hydrogen (secondary N) is 2. The lowest BCUT2D eigenvalue weighted by Gasteiger charge is -2.02. The number of rotatable bonds is 2. The van der Waals surface area contributed by atoms with E-state index in [1.54, 1.807) is 6.07 Å². The second kappa shape index (κ2) is 4.01. The number of hydrogen-bond acceptors (Lipinski definition) is 3. The van der Waals surface area contributed by atoms with Crippen molar-refractivity contribution in [2.75, 3.05) is 11.1 Å². The molecule has 5 nitrogen and oxygen atoms in total. The Balaban J connectivity index is 2.13. The van der Waals surface area contributed by atoms with Crippen LogP contribution in [0.15, 0.2) is 30.3 Å². The van der Waals surface area contributed by atoms with Gasteiger partial charge in [0, 0.05) is 11.8 Å². The molecular formula is C10H9FN4O. The van der Waals surface area contributed by atoms with Crippen LogP contribution >= 0.6 is 0 Å². The van der Waals surface area contributed by atoms with Crippen LogP contribution in [0.2, 0.25) is 0 Å². The number of nitrogen functional groups attached to an aromatic ring is 1. The Hall–Kier alpha value is -2.37. The highest BCUT2D eigenvalue weighted by atomic mass is 19.1. The van der Waals surface area contributed by atoms with Crippen LogP contribution in [0.1, 0.15) is 10.5 Å². The standard InChI is InChI=1S/C10H9FN4O/c11-6-2-1-3-7(4-6)13-10(16)8-5-9(12)15-14-8/h1-5H,(H,13,16)(H3,12,14,15). The molecule has 82 valence electrons. The average Bonchev–Trinajstić information content (AvgIpc) is 2.65. The second-order valence-corrected chi connectivity index (χ2v) is 3.17. The molecule has 0 unspecified atom stereocenters. The summed E-state index contributed by atoms with van der Waals surface area (Å²) < 4.78 is 12.8. The van der Waals surface area contributed by atoms with Gasteiger partial charge in [0.25, 0.3) is 5.91 Å². The van der Waals surface area contributed by atoms with Crippen molar-refractivity contribution in [3.63, 3.8) is 0 Å². The molecule has 0 saturated heterocycles. The first kappa shape index (κ1) is 10.2. The lowest BCUT2D eigenvalue weighted by molar-refractivity contribution is 0.102. The van der Waals surface area contributed by atoms with Gasteiger partial charge in [-0.25, -0.2) is 4.39 Å². The normalized spacial score (nSPS) is 10.1.